The topological polar surface area (TPSA) is 158 Å². The highest BCUT2D eigenvalue weighted by molar-refractivity contribution is 6.86. The first kappa shape index (κ1) is 61.3. The summed E-state index contributed by atoms with van der Waals surface area (Å²) in [5.41, 5.74) is 0. The summed E-state index contributed by atoms with van der Waals surface area (Å²) in [7, 11) is -4.72. The number of carboxylic acid groups (broad SMARTS) is 4. The lowest BCUT2D eigenvalue weighted by molar-refractivity contribution is -0.148. The molecule has 0 bridgehead atoms. The number of carbonyl (C=O) groups is 4. The summed E-state index contributed by atoms with van der Waals surface area (Å²) >= 11 is 0. The Kier molecular flexibility index (Phi) is 40.5. The van der Waals surface area contributed by atoms with Crippen LogP contribution >= 0.6 is 0 Å². The van der Waals surface area contributed by atoms with E-state index in [1.165, 1.54) is 180 Å². The van der Waals surface area contributed by atoms with E-state index in [0.29, 0.717) is 25.7 Å². The highest BCUT2D eigenvalue weighted by Gasteiger charge is 2.39. The molecular formula is C52H102O9Si2. The molecule has 4 N–H and O–H groups in total. The Balaban J connectivity index is 5.28. The van der Waals surface area contributed by atoms with Crippen molar-refractivity contribution in [3.8, 4) is 0 Å². The van der Waals surface area contributed by atoms with E-state index in [4.69, 9.17) is 4.12 Å². The summed E-state index contributed by atoms with van der Waals surface area (Å²) in [5.74, 6) is -6.12. The van der Waals surface area contributed by atoms with E-state index in [1.807, 2.05) is 0 Å². The SMILES string of the molecule is CCCCCCCCCCCCCCCCCC[Si](C)(CCCC(CC(=O)O)C(=O)O)O[Si](C)(CCCCCCCCCCCCCCCCCC)CCCC(CC(=O)O)C(=O)O. The van der Waals surface area contributed by atoms with Gasteiger partial charge in [0.15, 0.2) is 16.6 Å². The second-order valence-corrected chi connectivity index (χ2v) is 28.8. The van der Waals surface area contributed by atoms with Crippen molar-refractivity contribution in [2.75, 3.05) is 0 Å². The summed E-state index contributed by atoms with van der Waals surface area (Å²) in [5, 5.41) is 38.2. The molecule has 0 aromatic carbocycles. The number of unbranched alkanes of at least 4 members (excludes halogenated alkanes) is 30. The molecule has 0 aliphatic heterocycles. The zero-order chi connectivity index (χ0) is 46.9. The third kappa shape index (κ3) is 39.2. The van der Waals surface area contributed by atoms with Crippen molar-refractivity contribution in [2.45, 2.75) is 295 Å². The molecule has 0 fully saturated rings. The fourth-order valence-electron chi connectivity index (χ4n) is 9.64. The van der Waals surface area contributed by atoms with Gasteiger partial charge in [-0.3, -0.25) is 19.2 Å². The molecule has 0 heterocycles. The van der Waals surface area contributed by atoms with Gasteiger partial charge in [0, 0.05) is 0 Å². The minimum Gasteiger partial charge on any atom is -0.481 e. The van der Waals surface area contributed by atoms with Crippen LogP contribution in [-0.4, -0.2) is 60.9 Å². The zero-order valence-electron chi connectivity index (χ0n) is 41.7. The molecule has 0 rings (SSSR count). The molecule has 11 heteroatoms. The van der Waals surface area contributed by atoms with Gasteiger partial charge in [0.2, 0.25) is 0 Å². The first-order valence-corrected chi connectivity index (χ1v) is 32.5. The van der Waals surface area contributed by atoms with Crippen molar-refractivity contribution in [1.82, 2.24) is 0 Å². The molecule has 0 aromatic heterocycles. The maximum absolute atomic E-state index is 11.9. The van der Waals surface area contributed by atoms with Gasteiger partial charge in [-0.2, -0.15) is 0 Å². The third-order valence-electron chi connectivity index (χ3n) is 13.7. The second kappa shape index (κ2) is 41.7. The average molecular weight is 928 g/mol. The standard InChI is InChI=1S/C52H102O9Si2/c1-5-7-9-11-13-15-17-19-21-23-25-27-29-31-33-35-41-62(3,43-37-39-47(51(57)58)45-49(53)54)61-63(4,44-38-40-48(52(59)60)46-50(55)56)42-36-34-32-30-28-26-24-22-20-18-16-14-12-10-8-6-2/h47-48H,5-46H2,1-4H3,(H,53,54)(H,55,56)(H,57,58)(H,59,60). The fourth-order valence-corrected chi connectivity index (χ4v) is 20.4. The van der Waals surface area contributed by atoms with Crippen molar-refractivity contribution in [3.05, 3.63) is 0 Å². The van der Waals surface area contributed by atoms with Crippen LogP contribution in [0, 0.1) is 11.8 Å². The average Bonchev–Trinajstić information content (AvgIpc) is 3.22. The summed E-state index contributed by atoms with van der Waals surface area (Å²) in [6.45, 7) is 9.14. The Morgan fingerprint density at radius 1 is 0.349 bits per heavy atom. The van der Waals surface area contributed by atoms with Crippen molar-refractivity contribution < 1.29 is 43.7 Å². The lowest BCUT2D eigenvalue weighted by Gasteiger charge is -2.39. The molecule has 0 aliphatic carbocycles. The van der Waals surface area contributed by atoms with Gasteiger partial charge in [-0.05, 0) is 50.1 Å². The molecule has 0 saturated carbocycles. The Bertz CT molecular complexity index is 1040. The van der Waals surface area contributed by atoms with Crippen molar-refractivity contribution in [1.29, 1.82) is 0 Å². The van der Waals surface area contributed by atoms with E-state index in [1.54, 1.807) is 0 Å². The van der Waals surface area contributed by atoms with Crippen LogP contribution in [0.5, 0.6) is 0 Å². The first-order chi connectivity index (χ1) is 30.3. The predicted octanol–water partition coefficient (Wildman–Crippen LogP) is 16.6. The second-order valence-electron chi connectivity index (χ2n) is 20.2. The highest BCUT2D eigenvalue weighted by Crippen LogP contribution is 2.35. The molecule has 9 nitrogen and oxygen atoms in total. The number of rotatable bonds is 50. The van der Waals surface area contributed by atoms with E-state index < -0.39 is 52.3 Å². The molecule has 0 aliphatic rings. The number of carboxylic acids is 4. The van der Waals surface area contributed by atoms with Gasteiger partial charge in [0.1, 0.15) is 0 Å². The van der Waals surface area contributed by atoms with Crippen LogP contribution in [0.3, 0.4) is 0 Å². The van der Waals surface area contributed by atoms with E-state index >= 15 is 0 Å². The van der Waals surface area contributed by atoms with Gasteiger partial charge in [0.25, 0.3) is 0 Å². The molecule has 0 spiro atoms. The van der Waals surface area contributed by atoms with E-state index in [0.717, 1.165) is 49.9 Å². The zero-order valence-corrected chi connectivity index (χ0v) is 43.7. The molecule has 63 heavy (non-hydrogen) atoms. The molecule has 372 valence electrons. The molecular weight excluding hydrogens is 825 g/mol. The Hall–Kier alpha value is -1.73. The van der Waals surface area contributed by atoms with Crippen LogP contribution in [0.25, 0.3) is 0 Å². The minimum absolute atomic E-state index is 0.319. The van der Waals surface area contributed by atoms with Gasteiger partial charge in [-0.25, -0.2) is 0 Å². The maximum atomic E-state index is 11.9. The van der Waals surface area contributed by atoms with Crippen molar-refractivity contribution in [2.24, 2.45) is 11.8 Å². The van der Waals surface area contributed by atoms with Crippen LogP contribution < -0.4 is 0 Å². The Morgan fingerprint density at radius 3 is 0.762 bits per heavy atom. The summed E-state index contributed by atoms with van der Waals surface area (Å²) < 4.78 is 7.47. The van der Waals surface area contributed by atoms with Gasteiger partial charge in [-0.1, -0.05) is 232 Å². The van der Waals surface area contributed by atoms with Gasteiger partial charge in [0.05, 0.1) is 24.7 Å². The van der Waals surface area contributed by atoms with Crippen LogP contribution in [0.15, 0.2) is 0 Å². The van der Waals surface area contributed by atoms with Crippen LogP contribution in [0.4, 0.5) is 0 Å². The molecule has 4 atom stereocenters. The highest BCUT2D eigenvalue weighted by atomic mass is 28.4. The quantitative estimate of drug-likeness (QED) is 0.0344. The van der Waals surface area contributed by atoms with Crippen LogP contribution in [0.1, 0.15) is 258 Å². The molecule has 4 unspecified atom stereocenters. The number of aliphatic carboxylic acids is 4. The van der Waals surface area contributed by atoms with Crippen LogP contribution in [-0.2, 0) is 23.3 Å². The Morgan fingerprint density at radius 2 is 0.556 bits per heavy atom. The van der Waals surface area contributed by atoms with E-state index in [2.05, 4.69) is 26.9 Å². The van der Waals surface area contributed by atoms with Crippen molar-refractivity contribution >= 4 is 40.5 Å². The smallest absolute Gasteiger partial charge is 0.307 e. The third-order valence-corrected chi connectivity index (χ3v) is 23.3. The summed E-state index contributed by atoms with van der Waals surface area (Å²) in [6, 6.07) is 3.54. The molecule has 0 aromatic rings. The van der Waals surface area contributed by atoms with Gasteiger partial charge >= 0.3 is 23.9 Å². The lowest BCUT2D eigenvalue weighted by Crippen LogP contribution is -2.48. The largest absolute Gasteiger partial charge is 0.481 e. The summed E-state index contributed by atoms with van der Waals surface area (Å²) in [6.07, 6.45) is 43.0. The molecule has 0 amide bonds. The van der Waals surface area contributed by atoms with Crippen molar-refractivity contribution in [3.63, 3.8) is 0 Å². The maximum Gasteiger partial charge on any atom is 0.307 e. The number of hydrogen-bond donors (Lipinski definition) is 4. The fraction of sp³-hybridized carbons (Fsp3) is 0.923. The normalized spacial score (nSPS) is 14.5. The van der Waals surface area contributed by atoms with E-state index in [9.17, 15) is 39.6 Å². The predicted molar refractivity (Wildman–Crippen MR) is 268 cm³/mol. The monoisotopic (exact) mass is 927 g/mol. The summed E-state index contributed by atoms with van der Waals surface area (Å²) in [4.78, 5) is 46.7. The van der Waals surface area contributed by atoms with Gasteiger partial charge < -0.3 is 24.5 Å². The molecule has 0 radical (unpaired) electrons. The number of hydrogen-bond acceptors (Lipinski definition) is 5. The van der Waals surface area contributed by atoms with Crippen LogP contribution in [0.2, 0.25) is 37.3 Å². The van der Waals surface area contributed by atoms with Gasteiger partial charge in [-0.15, -0.1) is 0 Å². The Labute approximate surface area is 389 Å². The molecule has 0 saturated heterocycles. The minimum atomic E-state index is -2.36. The van der Waals surface area contributed by atoms with E-state index in [-0.39, 0.29) is 12.8 Å². The lowest BCUT2D eigenvalue weighted by atomic mass is 10.0. The first-order valence-electron chi connectivity index (χ1n) is 26.9.